The van der Waals surface area contributed by atoms with Crippen LogP contribution in [0.5, 0.6) is 11.5 Å². The van der Waals surface area contributed by atoms with E-state index in [1.54, 1.807) is 24.3 Å². The number of carbonyl (C=O) groups excluding carboxylic acids is 5. The van der Waals surface area contributed by atoms with Gasteiger partial charge in [0.1, 0.15) is 12.7 Å². The monoisotopic (exact) mass is 595 g/mol. The van der Waals surface area contributed by atoms with E-state index in [2.05, 4.69) is 0 Å². The van der Waals surface area contributed by atoms with Crippen molar-refractivity contribution in [2.75, 3.05) is 13.4 Å². The van der Waals surface area contributed by atoms with Gasteiger partial charge in [-0.3, -0.25) is 28.9 Å². The molecule has 3 heterocycles. The number of thioether (sulfide) groups is 1. The number of nitrogens with zero attached hydrogens (tertiary/aromatic N) is 1. The highest BCUT2D eigenvalue weighted by Crippen LogP contribution is 2.40. The zero-order valence-corrected chi connectivity index (χ0v) is 23.4. The van der Waals surface area contributed by atoms with Gasteiger partial charge in [-0.25, -0.2) is 0 Å². The van der Waals surface area contributed by atoms with E-state index in [4.69, 9.17) is 45.4 Å². The van der Waals surface area contributed by atoms with Crippen molar-refractivity contribution in [3.63, 3.8) is 0 Å². The van der Waals surface area contributed by atoms with Crippen LogP contribution in [0.15, 0.2) is 23.1 Å². The number of amides is 1. The molecule has 13 nitrogen and oxygen atoms in total. The van der Waals surface area contributed by atoms with E-state index >= 15 is 0 Å². The second-order valence-electron chi connectivity index (χ2n) is 8.75. The van der Waals surface area contributed by atoms with Gasteiger partial charge in [-0.2, -0.15) is 0 Å². The van der Waals surface area contributed by atoms with E-state index < -0.39 is 67.0 Å². The number of thiocarbonyl (C=S) groups is 1. The van der Waals surface area contributed by atoms with Crippen molar-refractivity contribution >= 4 is 64.2 Å². The van der Waals surface area contributed by atoms with Gasteiger partial charge in [0.2, 0.25) is 6.79 Å². The molecule has 0 aliphatic carbocycles. The third-order valence-corrected chi connectivity index (χ3v) is 7.07. The lowest BCUT2D eigenvalue weighted by atomic mass is 9.96. The molecule has 1 aromatic rings. The molecule has 2 fully saturated rings. The Bertz CT molecular complexity index is 1280. The van der Waals surface area contributed by atoms with Gasteiger partial charge in [0.15, 0.2) is 40.4 Å². The van der Waals surface area contributed by atoms with Crippen LogP contribution in [0.25, 0.3) is 6.08 Å². The first-order valence-electron chi connectivity index (χ1n) is 11.9. The maximum atomic E-state index is 13.6. The molecule has 4 rings (SSSR count). The van der Waals surface area contributed by atoms with E-state index in [1.807, 2.05) is 0 Å². The molecule has 5 unspecified atom stereocenters. The Kier molecular flexibility index (Phi) is 8.95. The van der Waals surface area contributed by atoms with E-state index in [0.29, 0.717) is 17.1 Å². The molecule has 2 saturated heterocycles. The fraction of sp³-hybridized carbons (Fsp3) is 0.440. The molecule has 214 valence electrons. The molecule has 0 N–H and O–H groups in total. The summed E-state index contributed by atoms with van der Waals surface area (Å²) in [5.74, 6) is -2.52. The van der Waals surface area contributed by atoms with Gasteiger partial charge in [-0.1, -0.05) is 30.0 Å². The van der Waals surface area contributed by atoms with Crippen molar-refractivity contribution in [3.05, 3.63) is 28.7 Å². The predicted molar refractivity (Wildman–Crippen MR) is 140 cm³/mol. The molecule has 1 amide bonds. The molecule has 0 radical (unpaired) electrons. The number of ether oxygens (including phenoxy) is 7. The van der Waals surface area contributed by atoms with Gasteiger partial charge >= 0.3 is 23.9 Å². The topological polar surface area (TPSA) is 153 Å². The van der Waals surface area contributed by atoms with Crippen LogP contribution in [0.1, 0.15) is 33.3 Å². The summed E-state index contributed by atoms with van der Waals surface area (Å²) in [6.45, 7) is 4.14. The van der Waals surface area contributed by atoms with Crippen LogP contribution in [0, 0.1) is 0 Å². The third kappa shape index (κ3) is 6.54. The molecule has 0 bridgehead atoms. The average molecular weight is 596 g/mol. The van der Waals surface area contributed by atoms with E-state index in [9.17, 15) is 24.0 Å². The largest absolute Gasteiger partial charge is 0.463 e. The van der Waals surface area contributed by atoms with Gasteiger partial charge in [0.25, 0.3) is 5.91 Å². The standard InChI is InChI=1S/C25H25NO12S2/c1-11(27)32-9-18-20(35-12(2)28)21(36-13(3)29)22(37-14(4)30)24(38-18)26-23(31)19(40-25(26)39)8-15-5-6-16-17(7-15)34-10-33-16/h5-8,18,20-22,24H,9-10H2,1-4H3/b19-8+. The molecular formula is C25H25NO12S2. The van der Waals surface area contributed by atoms with Crippen LogP contribution in [-0.2, 0) is 47.7 Å². The fourth-order valence-electron chi connectivity index (χ4n) is 4.27. The maximum absolute atomic E-state index is 13.6. The van der Waals surface area contributed by atoms with Gasteiger partial charge in [0, 0.05) is 27.7 Å². The predicted octanol–water partition coefficient (Wildman–Crippen LogP) is 1.70. The molecule has 5 atom stereocenters. The van der Waals surface area contributed by atoms with Gasteiger partial charge in [-0.05, 0) is 23.8 Å². The van der Waals surface area contributed by atoms with E-state index in [-0.39, 0.29) is 16.0 Å². The second-order valence-corrected chi connectivity index (χ2v) is 10.4. The summed E-state index contributed by atoms with van der Waals surface area (Å²) in [6, 6.07) is 5.13. The number of esters is 4. The summed E-state index contributed by atoms with van der Waals surface area (Å²) in [5.41, 5.74) is 0.631. The molecule has 0 saturated carbocycles. The van der Waals surface area contributed by atoms with Crippen molar-refractivity contribution in [1.29, 1.82) is 0 Å². The van der Waals surface area contributed by atoms with Crippen LogP contribution in [-0.4, -0.2) is 83.0 Å². The van der Waals surface area contributed by atoms with Crippen LogP contribution in [0.4, 0.5) is 0 Å². The molecule has 40 heavy (non-hydrogen) atoms. The van der Waals surface area contributed by atoms with Crippen LogP contribution in [0.3, 0.4) is 0 Å². The Morgan fingerprint density at radius 1 is 0.950 bits per heavy atom. The van der Waals surface area contributed by atoms with Crippen LogP contribution >= 0.6 is 24.0 Å². The summed E-state index contributed by atoms with van der Waals surface area (Å²) >= 11 is 6.46. The summed E-state index contributed by atoms with van der Waals surface area (Å²) in [7, 11) is 0. The first kappa shape index (κ1) is 29.3. The first-order valence-corrected chi connectivity index (χ1v) is 13.1. The van der Waals surface area contributed by atoms with Crippen LogP contribution < -0.4 is 9.47 Å². The van der Waals surface area contributed by atoms with Crippen molar-refractivity contribution in [3.8, 4) is 11.5 Å². The number of fused-ring (bicyclic) bond motifs is 1. The molecule has 3 aliphatic heterocycles. The summed E-state index contributed by atoms with van der Waals surface area (Å²) in [4.78, 5) is 62.6. The minimum atomic E-state index is -1.47. The Morgan fingerprint density at radius 2 is 1.57 bits per heavy atom. The Balaban J connectivity index is 1.71. The minimum absolute atomic E-state index is 0.0536. The summed E-state index contributed by atoms with van der Waals surface area (Å²) in [6.07, 6.45) is -5.33. The number of hydrogen-bond donors (Lipinski definition) is 0. The highest BCUT2D eigenvalue weighted by molar-refractivity contribution is 8.26. The van der Waals surface area contributed by atoms with E-state index in [1.165, 1.54) is 0 Å². The fourth-order valence-corrected chi connectivity index (χ4v) is 5.58. The van der Waals surface area contributed by atoms with Gasteiger partial charge in [0.05, 0.1) is 4.91 Å². The molecule has 15 heteroatoms. The van der Waals surface area contributed by atoms with Crippen LogP contribution in [0.2, 0.25) is 0 Å². The second kappa shape index (κ2) is 12.2. The molecule has 0 spiro atoms. The lowest BCUT2D eigenvalue weighted by molar-refractivity contribution is -0.268. The first-order chi connectivity index (χ1) is 18.9. The Hall–Kier alpha value is -3.69. The summed E-state index contributed by atoms with van der Waals surface area (Å²) in [5, 5.41) is 0. The number of hydrogen-bond acceptors (Lipinski definition) is 14. The zero-order valence-electron chi connectivity index (χ0n) is 21.8. The average Bonchev–Trinajstić information content (AvgIpc) is 3.43. The lowest BCUT2D eigenvalue weighted by Crippen LogP contribution is -2.66. The number of benzene rings is 1. The third-order valence-electron chi connectivity index (χ3n) is 5.74. The van der Waals surface area contributed by atoms with E-state index in [0.717, 1.165) is 44.4 Å². The lowest BCUT2D eigenvalue weighted by Gasteiger charge is -2.46. The maximum Gasteiger partial charge on any atom is 0.303 e. The van der Waals surface area contributed by atoms with Crippen molar-refractivity contribution < 1.29 is 57.1 Å². The molecule has 0 aromatic heterocycles. The smallest absolute Gasteiger partial charge is 0.303 e. The SMILES string of the molecule is CC(=O)OCC1OC(N2C(=O)/C(=C\c3ccc4c(c3)OCO4)SC2=S)C(OC(C)=O)C(OC(C)=O)C1OC(C)=O. The number of carbonyl (C=O) groups is 5. The minimum Gasteiger partial charge on any atom is -0.463 e. The van der Waals surface area contributed by atoms with Crippen molar-refractivity contribution in [2.24, 2.45) is 0 Å². The Labute approximate surface area is 238 Å². The van der Waals surface area contributed by atoms with Crippen molar-refractivity contribution in [2.45, 2.75) is 58.3 Å². The quantitative estimate of drug-likeness (QED) is 0.194. The zero-order chi connectivity index (χ0) is 29.1. The highest BCUT2D eigenvalue weighted by atomic mass is 32.2. The molecular weight excluding hydrogens is 570 g/mol. The highest BCUT2D eigenvalue weighted by Gasteiger charge is 2.56. The molecule has 1 aromatic carbocycles. The summed E-state index contributed by atoms with van der Waals surface area (Å²) < 4.78 is 38.2. The van der Waals surface area contributed by atoms with Crippen molar-refractivity contribution in [1.82, 2.24) is 4.90 Å². The Morgan fingerprint density at radius 3 is 2.23 bits per heavy atom. The normalized spacial score (nSPS) is 26.4. The molecule has 3 aliphatic rings. The number of rotatable bonds is 7. The van der Waals surface area contributed by atoms with Gasteiger partial charge < -0.3 is 33.2 Å². The van der Waals surface area contributed by atoms with Gasteiger partial charge in [-0.15, -0.1) is 0 Å².